The number of carbonyl (C=O) groups excluding carboxylic acids is 2. The molecule has 0 spiro atoms. The summed E-state index contributed by atoms with van der Waals surface area (Å²) in [6, 6.07) is 0. The zero-order chi connectivity index (χ0) is 23.7. The second-order valence-electron chi connectivity index (χ2n) is 8.00. The number of carbonyl (C=O) groups is 2. The number of esters is 1. The molecule has 9 heteroatoms. The van der Waals surface area contributed by atoms with Crippen LogP contribution in [0.1, 0.15) is 39.7 Å². The Kier molecular flexibility index (Phi) is 6.90. The van der Waals surface area contributed by atoms with E-state index < -0.39 is 58.2 Å². The van der Waals surface area contributed by atoms with Crippen molar-refractivity contribution in [1.29, 1.82) is 0 Å². The summed E-state index contributed by atoms with van der Waals surface area (Å²) in [7, 11) is 0. The van der Waals surface area contributed by atoms with E-state index in [-0.39, 0.29) is 17.8 Å². The number of allylic oxidation sites excluding steroid dienone is 3. The van der Waals surface area contributed by atoms with Gasteiger partial charge in [-0.05, 0) is 37.1 Å². The fraction of sp³-hybridized carbons (Fsp3) is 0.364. The van der Waals surface area contributed by atoms with Crippen LogP contribution in [0.4, 0.5) is 22.0 Å². The first-order valence-corrected chi connectivity index (χ1v) is 9.20. The summed E-state index contributed by atoms with van der Waals surface area (Å²) >= 11 is 0. The van der Waals surface area contributed by atoms with E-state index in [1.807, 2.05) is 0 Å². The van der Waals surface area contributed by atoms with Crippen LogP contribution in [0.2, 0.25) is 0 Å². The fourth-order valence-electron chi connectivity index (χ4n) is 3.31. The first kappa shape index (κ1) is 24.5. The molecule has 0 amide bonds. The molecule has 0 aromatic heterocycles. The summed E-state index contributed by atoms with van der Waals surface area (Å²) in [6.07, 6.45) is 5.18. The van der Waals surface area contributed by atoms with E-state index >= 15 is 0 Å². The number of benzene rings is 1. The molecule has 1 aromatic rings. The number of ketones is 1. The molecule has 0 saturated carbocycles. The molecule has 4 nitrogen and oxygen atoms in total. The van der Waals surface area contributed by atoms with Crippen molar-refractivity contribution in [3.8, 4) is 0 Å². The molecule has 31 heavy (non-hydrogen) atoms. The first-order valence-electron chi connectivity index (χ1n) is 9.20. The molecule has 0 heterocycles. The van der Waals surface area contributed by atoms with E-state index in [4.69, 9.17) is 0 Å². The first-order chi connectivity index (χ1) is 14.2. The van der Waals surface area contributed by atoms with Crippen molar-refractivity contribution in [1.82, 2.24) is 0 Å². The Morgan fingerprint density at radius 2 is 1.61 bits per heavy atom. The average molecular weight is 444 g/mol. The van der Waals surface area contributed by atoms with Crippen molar-refractivity contribution < 1.29 is 41.4 Å². The van der Waals surface area contributed by atoms with E-state index in [9.17, 15) is 36.6 Å². The molecule has 0 unspecified atom stereocenters. The minimum atomic E-state index is -2.31. The van der Waals surface area contributed by atoms with Gasteiger partial charge in [0.15, 0.2) is 29.1 Å². The SMILES string of the molecule is CC1=CC(=O)CC(C)(C)[C@@]1(O)/C=C/C(C)=C\C(=O)OCc1c(F)c(F)c(F)c(F)c1F. The largest absolute Gasteiger partial charge is 0.457 e. The maximum Gasteiger partial charge on any atom is 0.331 e. The van der Waals surface area contributed by atoms with E-state index in [1.165, 1.54) is 25.2 Å². The van der Waals surface area contributed by atoms with Crippen molar-refractivity contribution in [2.75, 3.05) is 0 Å². The van der Waals surface area contributed by atoms with Crippen LogP contribution in [0.15, 0.2) is 35.5 Å². The smallest absolute Gasteiger partial charge is 0.331 e. The van der Waals surface area contributed by atoms with Crippen LogP contribution >= 0.6 is 0 Å². The van der Waals surface area contributed by atoms with Crippen molar-refractivity contribution in [3.63, 3.8) is 0 Å². The highest BCUT2D eigenvalue weighted by Gasteiger charge is 2.46. The lowest BCUT2D eigenvalue weighted by atomic mass is 9.64. The van der Waals surface area contributed by atoms with Crippen LogP contribution in [0.25, 0.3) is 0 Å². The molecular weight excluding hydrogens is 423 g/mol. The van der Waals surface area contributed by atoms with Gasteiger partial charge < -0.3 is 9.84 Å². The van der Waals surface area contributed by atoms with Gasteiger partial charge in [0.05, 0.1) is 5.56 Å². The van der Waals surface area contributed by atoms with Crippen LogP contribution < -0.4 is 0 Å². The number of halogens is 5. The Morgan fingerprint density at radius 3 is 2.13 bits per heavy atom. The normalized spacial score (nSPS) is 21.4. The average Bonchev–Trinajstić information content (AvgIpc) is 2.67. The number of ether oxygens (including phenoxy) is 1. The van der Waals surface area contributed by atoms with Gasteiger partial charge in [0, 0.05) is 17.9 Å². The Hall–Kier alpha value is -2.81. The Labute approximate surface area is 175 Å². The second-order valence-corrected chi connectivity index (χ2v) is 8.00. The lowest BCUT2D eigenvalue weighted by Crippen LogP contribution is -2.48. The number of aliphatic hydroxyl groups is 1. The molecule has 0 aliphatic heterocycles. The van der Waals surface area contributed by atoms with Crippen LogP contribution in [0.5, 0.6) is 0 Å². The van der Waals surface area contributed by atoms with E-state index in [0.29, 0.717) is 5.57 Å². The lowest BCUT2D eigenvalue weighted by molar-refractivity contribution is -0.139. The topological polar surface area (TPSA) is 63.6 Å². The van der Waals surface area contributed by atoms with Crippen molar-refractivity contribution in [2.24, 2.45) is 5.41 Å². The third-order valence-electron chi connectivity index (χ3n) is 5.22. The van der Waals surface area contributed by atoms with Crippen molar-refractivity contribution in [2.45, 2.75) is 46.3 Å². The Bertz CT molecular complexity index is 994. The van der Waals surface area contributed by atoms with Gasteiger partial charge in [-0.15, -0.1) is 0 Å². The quantitative estimate of drug-likeness (QED) is 0.180. The van der Waals surface area contributed by atoms with Crippen LogP contribution in [-0.4, -0.2) is 22.5 Å². The molecule has 0 saturated heterocycles. The predicted octanol–water partition coefficient (Wildman–Crippen LogP) is 4.60. The van der Waals surface area contributed by atoms with Gasteiger partial charge >= 0.3 is 5.97 Å². The highest BCUT2D eigenvalue weighted by Crippen LogP contribution is 2.44. The third kappa shape index (κ3) is 4.76. The maximum atomic E-state index is 13.6. The monoisotopic (exact) mass is 444 g/mol. The van der Waals surface area contributed by atoms with Gasteiger partial charge in [-0.1, -0.05) is 19.9 Å². The zero-order valence-electron chi connectivity index (χ0n) is 17.3. The van der Waals surface area contributed by atoms with Crippen molar-refractivity contribution in [3.05, 3.63) is 70.1 Å². The van der Waals surface area contributed by atoms with E-state index in [0.717, 1.165) is 6.08 Å². The molecule has 0 bridgehead atoms. The van der Waals surface area contributed by atoms with Gasteiger partial charge in [0.2, 0.25) is 5.82 Å². The summed E-state index contributed by atoms with van der Waals surface area (Å²) in [5, 5.41) is 11.0. The highest BCUT2D eigenvalue weighted by molar-refractivity contribution is 5.92. The molecule has 1 aliphatic carbocycles. The van der Waals surface area contributed by atoms with Gasteiger partial charge in [-0.3, -0.25) is 4.79 Å². The summed E-state index contributed by atoms with van der Waals surface area (Å²) in [4.78, 5) is 23.6. The summed E-state index contributed by atoms with van der Waals surface area (Å²) in [5.41, 5.74) is -2.85. The molecular formula is C22H21F5O4. The zero-order valence-corrected chi connectivity index (χ0v) is 17.3. The molecule has 1 atom stereocenters. The van der Waals surface area contributed by atoms with Gasteiger partial charge in [0.25, 0.3) is 0 Å². The number of rotatable bonds is 5. The summed E-state index contributed by atoms with van der Waals surface area (Å²) in [6.45, 7) is 5.32. The molecule has 1 aromatic carbocycles. The lowest BCUT2D eigenvalue weighted by Gasteiger charge is -2.44. The second kappa shape index (κ2) is 8.74. The molecule has 0 radical (unpaired) electrons. The molecule has 1 N–H and O–H groups in total. The molecule has 1 aliphatic rings. The van der Waals surface area contributed by atoms with Gasteiger partial charge in [-0.2, -0.15) is 0 Å². The standard InChI is InChI=1S/C22H21F5O4/c1-11(5-6-22(30)12(2)8-13(28)9-21(22,3)4)7-15(29)31-10-14-16(23)18(25)20(27)19(26)17(14)24/h5-8,30H,9-10H2,1-4H3/b6-5+,11-7-/t22-/m1/s1. The van der Waals surface area contributed by atoms with Gasteiger partial charge in [-0.25, -0.2) is 26.7 Å². The van der Waals surface area contributed by atoms with Crippen LogP contribution in [0, 0.1) is 34.5 Å². The minimum Gasteiger partial charge on any atom is -0.457 e. The predicted molar refractivity (Wildman–Crippen MR) is 101 cm³/mol. The highest BCUT2D eigenvalue weighted by atomic mass is 19.2. The van der Waals surface area contributed by atoms with Gasteiger partial charge in [0.1, 0.15) is 12.2 Å². The van der Waals surface area contributed by atoms with Crippen LogP contribution in [0.3, 0.4) is 0 Å². The minimum absolute atomic E-state index is 0.109. The van der Waals surface area contributed by atoms with Crippen molar-refractivity contribution >= 4 is 11.8 Å². The third-order valence-corrected chi connectivity index (χ3v) is 5.22. The molecule has 0 fully saturated rings. The summed E-state index contributed by atoms with van der Waals surface area (Å²) < 4.78 is 71.3. The van der Waals surface area contributed by atoms with Crippen LogP contribution in [-0.2, 0) is 20.9 Å². The number of hydrogen-bond donors (Lipinski definition) is 1. The number of hydrogen-bond acceptors (Lipinski definition) is 4. The van der Waals surface area contributed by atoms with E-state index in [1.54, 1.807) is 20.8 Å². The van der Waals surface area contributed by atoms with E-state index in [2.05, 4.69) is 4.74 Å². The fourth-order valence-corrected chi connectivity index (χ4v) is 3.31. The Balaban J connectivity index is 2.16. The summed E-state index contributed by atoms with van der Waals surface area (Å²) in [5.74, 6) is -11.9. The molecule has 2 rings (SSSR count). The molecule has 168 valence electrons. The Morgan fingerprint density at radius 1 is 1.10 bits per heavy atom. The maximum absolute atomic E-state index is 13.6.